The molecule has 4 unspecified atom stereocenters. The van der Waals surface area contributed by atoms with Crippen LogP contribution < -0.4 is 5.32 Å². The van der Waals surface area contributed by atoms with Crippen molar-refractivity contribution in [2.45, 2.75) is 62.3 Å². The van der Waals surface area contributed by atoms with Gasteiger partial charge in [-0.15, -0.1) is 12.4 Å². The topological polar surface area (TPSA) is 32.3 Å². The van der Waals surface area contributed by atoms with Gasteiger partial charge in [0.1, 0.15) is 0 Å². The van der Waals surface area contributed by atoms with E-state index in [9.17, 15) is 18.0 Å². The normalized spacial score (nSPS) is 32.7. The average molecular weight is 389 g/mol. The summed E-state index contributed by atoms with van der Waals surface area (Å²) in [5, 5.41) is 3.57. The Morgan fingerprint density at radius 3 is 2.42 bits per heavy atom. The Hall–Kier alpha value is -1.27. The predicted molar refractivity (Wildman–Crippen MR) is 95.3 cm³/mol. The van der Waals surface area contributed by atoms with Gasteiger partial charge in [0, 0.05) is 31.1 Å². The summed E-state index contributed by atoms with van der Waals surface area (Å²) in [7, 11) is 1.86. The fraction of sp³-hybridized carbons (Fsp3) is 0.632. The van der Waals surface area contributed by atoms with E-state index in [-0.39, 0.29) is 36.2 Å². The van der Waals surface area contributed by atoms with Crippen molar-refractivity contribution in [2.75, 3.05) is 7.05 Å². The van der Waals surface area contributed by atoms with Crippen LogP contribution in [-0.2, 0) is 11.0 Å². The van der Waals surface area contributed by atoms with Gasteiger partial charge in [0.2, 0.25) is 5.91 Å². The van der Waals surface area contributed by atoms with Gasteiger partial charge in [-0.2, -0.15) is 13.2 Å². The Morgan fingerprint density at radius 1 is 1.15 bits per heavy atom. The Kier molecular flexibility index (Phi) is 5.28. The quantitative estimate of drug-likeness (QED) is 0.849. The highest BCUT2D eigenvalue weighted by atomic mass is 35.5. The number of fused-ring (bicyclic) bond motifs is 2. The first-order valence-corrected chi connectivity index (χ1v) is 9.03. The number of benzene rings is 1. The summed E-state index contributed by atoms with van der Waals surface area (Å²) in [6.45, 7) is 0. The van der Waals surface area contributed by atoms with E-state index >= 15 is 0 Å². The third-order valence-electron chi connectivity index (χ3n) is 6.09. The number of rotatable bonds is 3. The van der Waals surface area contributed by atoms with Crippen molar-refractivity contribution in [3.8, 4) is 0 Å². The second-order valence-corrected chi connectivity index (χ2v) is 7.78. The van der Waals surface area contributed by atoms with Crippen LogP contribution in [0.1, 0.15) is 49.1 Å². The lowest BCUT2D eigenvalue weighted by Gasteiger charge is -2.35. The van der Waals surface area contributed by atoms with Crippen molar-refractivity contribution < 1.29 is 18.0 Å². The first-order valence-electron chi connectivity index (χ1n) is 9.03. The molecule has 0 aromatic heterocycles. The number of nitrogens with zero attached hydrogens (tertiary/aromatic N) is 1. The Balaban J connectivity index is 0.00000196. The highest BCUT2D eigenvalue weighted by molar-refractivity contribution is 5.85. The van der Waals surface area contributed by atoms with Crippen LogP contribution in [0.2, 0.25) is 0 Å². The zero-order valence-corrected chi connectivity index (χ0v) is 15.4. The fourth-order valence-electron chi connectivity index (χ4n) is 4.57. The minimum absolute atomic E-state index is 0. The standard InChI is InChI=1S/C19H23F3N2O.ClH/c1-24(15-8-13-5-6-14(9-15)23-13)18(25)17-10-16(17)11-3-2-4-12(7-11)19(20,21)22;/h2-4,7,13-17,23H,5-6,8-10H2,1H3;1H. The van der Waals surface area contributed by atoms with E-state index in [1.807, 2.05) is 11.9 Å². The average Bonchev–Trinajstić information content (AvgIpc) is 3.32. The maximum atomic E-state index is 12.9. The molecule has 1 saturated carbocycles. The van der Waals surface area contributed by atoms with Gasteiger partial charge in [0.25, 0.3) is 0 Å². The van der Waals surface area contributed by atoms with Crippen molar-refractivity contribution in [3.63, 3.8) is 0 Å². The van der Waals surface area contributed by atoms with Crippen molar-refractivity contribution in [3.05, 3.63) is 35.4 Å². The molecule has 1 N–H and O–H groups in total. The SMILES string of the molecule is CN(C(=O)C1CC1c1cccc(C(F)(F)F)c1)C1CC2CCC(C1)N2.Cl. The van der Waals surface area contributed by atoms with Gasteiger partial charge in [-0.3, -0.25) is 4.79 Å². The fourth-order valence-corrected chi connectivity index (χ4v) is 4.57. The van der Waals surface area contributed by atoms with E-state index in [4.69, 9.17) is 0 Å². The predicted octanol–water partition coefficient (Wildman–Crippen LogP) is 3.97. The number of nitrogens with one attached hydrogen (secondary N) is 1. The zero-order chi connectivity index (χ0) is 17.8. The lowest BCUT2D eigenvalue weighted by Crippen LogP contribution is -2.49. The minimum atomic E-state index is -4.34. The highest BCUT2D eigenvalue weighted by Gasteiger charge is 2.47. The molecule has 2 bridgehead atoms. The van der Waals surface area contributed by atoms with Gasteiger partial charge < -0.3 is 10.2 Å². The summed E-state index contributed by atoms with van der Waals surface area (Å²) < 4.78 is 38.6. The van der Waals surface area contributed by atoms with Crippen LogP contribution in [0, 0.1) is 5.92 Å². The lowest BCUT2D eigenvalue weighted by atomic mass is 9.98. The molecular formula is C19H24ClF3N2O. The molecule has 1 aliphatic carbocycles. The lowest BCUT2D eigenvalue weighted by molar-refractivity contribution is -0.137. The number of hydrogen-bond donors (Lipinski definition) is 1. The molecule has 3 nitrogen and oxygen atoms in total. The summed E-state index contributed by atoms with van der Waals surface area (Å²) in [4.78, 5) is 14.7. The molecular weight excluding hydrogens is 365 g/mol. The largest absolute Gasteiger partial charge is 0.416 e. The molecule has 7 heteroatoms. The van der Waals surface area contributed by atoms with Crippen LogP contribution in [0.15, 0.2) is 24.3 Å². The molecule has 4 atom stereocenters. The van der Waals surface area contributed by atoms with E-state index in [0.717, 1.165) is 18.9 Å². The van der Waals surface area contributed by atoms with Gasteiger partial charge in [-0.25, -0.2) is 0 Å². The van der Waals surface area contributed by atoms with E-state index in [2.05, 4.69) is 5.32 Å². The summed E-state index contributed by atoms with van der Waals surface area (Å²) in [5.74, 6) is -0.148. The van der Waals surface area contributed by atoms with E-state index in [1.54, 1.807) is 6.07 Å². The molecule has 1 amide bonds. The molecule has 2 heterocycles. The van der Waals surface area contributed by atoms with Gasteiger partial charge in [0.15, 0.2) is 0 Å². The Bertz CT molecular complexity index is 669. The van der Waals surface area contributed by atoms with Crippen molar-refractivity contribution in [2.24, 2.45) is 5.92 Å². The summed E-state index contributed by atoms with van der Waals surface area (Å²) in [6, 6.07) is 6.70. The second-order valence-electron chi connectivity index (χ2n) is 7.78. The third-order valence-corrected chi connectivity index (χ3v) is 6.09. The minimum Gasteiger partial charge on any atom is -0.342 e. The van der Waals surface area contributed by atoms with Crippen LogP contribution in [0.5, 0.6) is 0 Å². The van der Waals surface area contributed by atoms with Crippen molar-refractivity contribution in [1.29, 1.82) is 0 Å². The van der Waals surface area contributed by atoms with Gasteiger partial charge >= 0.3 is 6.18 Å². The number of amides is 1. The zero-order valence-electron chi connectivity index (χ0n) is 14.6. The second kappa shape index (κ2) is 7.04. The summed E-state index contributed by atoms with van der Waals surface area (Å²) in [5.41, 5.74) is -0.00154. The van der Waals surface area contributed by atoms with Crippen LogP contribution in [0.3, 0.4) is 0 Å². The molecule has 0 spiro atoms. The molecule has 26 heavy (non-hydrogen) atoms. The van der Waals surface area contributed by atoms with Crippen LogP contribution in [0.25, 0.3) is 0 Å². The van der Waals surface area contributed by atoms with Gasteiger partial charge in [-0.1, -0.05) is 18.2 Å². The summed E-state index contributed by atoms with van der Waals surface area (Å²) in [6.07, 6.45) is 0.649. The smallest absolute Gasteiger partial charge is 0.342 e. The molecule has 1 aromatic carbocycles. The van der Waals surface area contributed by atoms with E-state index in [1.165, 1.54) is 25.0 Å². The first-order chi connectivity index (χ1) is 11.8. The number of piperidine rings is 1. The van der Waals surface area contributed by atoms with Gasteiger partial charge in [-0.05, 0) is 49.7 Å². The Morgan fingerprint density at radius 2 is 1.81 bits per heavy atom. The van der Waals surface area contributed by atoms with Crippen LogP contribution in [0.4, 0.5) is 13.2 Å². The Labute approximate surface area is 157 Å². The molecule has 0 radical (unpaired) electrons. The maximum absolute atomic E-state index is 12.9. The molecule has 1 aromatic rings. The molecule has 3 fully saturated rings. The molecule has 2 saturated heterocycles. The van der Waals surface area contributed by atoms with E-state index in [0.29, 0.717) is 24.1 Å². The van der Waals surface area contributed by atoms with Gasteiger partial charge in [0.05, 0.1) is 5.56 Å². The van der Waals surface area contributed by atoms with Crippen LogP contribution >= 0.6 is 12.4 Å². The number of alkyl halides is 3. The summed E-state index contributed by atoms with van der Waals surface area (Å²) >= 11 is 0. The maximum Gasteiger partial charge on any atom is 0.416 e. The number of hydrogen-bond acceptors (Lipinski definition) is 2. The van der Waals surface area contributed by atoms with Crippen molar-refractivity contribution in [1.82, 2.24) is 10.2 Å². The first kappa shape index (κ1) is 19.5. The van der Waals surface area contributed by atoms with Crippen LogP contribution in [-0.4, -0.2) is 36.0 Å². The number of carbonyl (C=O) groups excluding carboxylic acids is 1. The highest BCUT2D eigenvalue weighted by Crippen LogP contribution is 2.49. The number of carbonyl (C=O) groups is 1. The molecule has 144 valence electrons. The number of halogens is 4. The molecule has 4 rings (SSSR count). The molecule has 3 aliphatic rings. The van der Waals surface area contributed by atoms with Crippen molar-refractivity contribution >= 4 is 18.3 Å². The molecule has 2 aliphatic heterocycles. The monoisotopic (exact) mass is 388 g/mol. The van der Waals surface area contributed by atoms with E-state index < -0.39 is 11.7 Å². The third kappa shape index (κ3) is 3.72.